The van der Waals surface area contributed by atoms with Gasteiger partial charge in [-0.05, 0) is 52.0 Å². The zero-order valence-corrected chi connectivity index (χ0v) is 42.2. The number of nitrogens with zero attached hydrogens (tertiary/aromatic N) is 5. The zero-order valence-electron chi connectivity index (χ0n) is 27.7. The van der Waals surface area contributed by atoms with Gasteiger partial charge >= 0.3 is 101 Å². The molecule has 49 heavy (non-hydrogen) atoms. The predicted molar refractivity (Wildman–Crippen MR) is 226 cm³/mol. The molecule has 0 aliphatic heterocycles. The van der Waals surface area contributed by atoms with Gasteiger partial charge in [0.1, 0.15) is 6.07 Å². The quantitative estimate of drug-likeness (QED) is 0.249. The van der Waals surface area contributed by atoms with E-state index < -0.39 is 0 Å². The van der Waals surface area contributed by atoms with E-state index in [9.17, 15) is 0 Å². The van der Waals surface area contributed by atoms with Gasteiger partial charge in [0, 0.05) is 65.6 Å². The third kappa shape index (κ3) is 26.5. The molecule has 0 aliphatic rings. The Morgan fingerprint density at radius 1 is 0.633 bits per heavy atom. The summed E-state index contributed by atoms with van der Waals surface area (Å²) in [6.07, 6.45) is 8.53. The molecule has 274 valence electrons. The summed E-state index contributed by atoms with van der Waals surface area (Å²) in [6.45, 7) is 4.10. The van der Waals surface area contributed by atoms with Gasteiger partial charge in [-0.25, -0.2) is 19.9 Å². The molecule has 0 aliphatic carbocycles. The minimum absolute atomic E-state index is 0.0865. The molecule has 4 N–H and O–H groups in total. The standard InChI is InChI=1S/2C9H14N2O.C7H6N2O.C6H6BrNO.2I3/c2*1-3-8(10)7-4-5-9(12-2)11-6-7;1-10-7-3-2-6(4-8)5-9-7;1-9-6-3-2-5(7)4-8-6;2*1-3-2/h2*4-6,8H,3,10H2,1-2H3;2-3,5H,1H3;2-4H,1H3;;/q;;;;2*-1. The topological polar surface area (TPSA) is 164 Å². The fourth-order valence-electron chi connectivity index (χ4n) is 2.99. The average molecular weight is 1420 g/mol. The van der Waals surface area contributed by atoms with E-state index in [1.165, 1.54) is 13.3 Å². The number of hydrogen-bond donors (Lipinski definition) is 2. The van der Waals surface area contributed by atoms with Crippen molar-refractivity contribution in [1.82, 2.24) is 19.9 Å². The van der Waals surface area contributed by atoms with Gasteiger partial charge in [0.25, 0.3) is 0 Å². The Hall–Kier alpha value is 0.0700. The number of hydrogen-bond acceptors (Lipinski definition) is 11. The fraction of sp³-hybridized carbons (Fsp3) is 0.323. The predicted octanol–water partition coefficient (Wildman–Crippen LogP) is 3.37. The summed E-state index contributed by atoms with van der Waals surface area (Å²) in [6, 6.07) is 16.7. The molecule has 0 aromatic carbocycles. The van der Waals surface area contributed by atoms with Crippen LogP contribution in [0.3, 0.4) is 0 Å². The van der Waals surface area contributed by atoms with Crippen molar-refractivity contribution in [2.75, 3.05) is 28.4 Å². The van der Waals surface area contributed by atoms with Crippen molar-refractivity contribution < 1.29 is 45.5 Å². The number of pyridine rings is 4. The van der Waals surface area contributed by atoms with Crippen LogP contribution >= 0.6 is 90.4 Å². The van der Waals surface area contributed by atoms with Gasteiger partial charge in [-0.15, -0.1) is 0 Å². The Morgan fingerprint density at radius 2 is 0.959 bits per heavy atom. The number of ether oxygens (including phenoxy) is 4. The molecule has 0 bridgehead atoms. The third-order valence-corrected chi connectivity index (χ3v) is 6.13. The van der Waals surface area contributed by atoms with Crippen LogP contribution < -0.4 is 56.9 Å². The molecule has 2 unspecified atom stereocenters. The maximum absolute atomic E-state index is 8.37. The van der Waals surface area contributed by atoms with Gasteiger partial charge in [-0.1, -0.05) is 26.0 Å². The molecule has 18 heteroatoms. The molecular formula is C31H40BrI6N7O4-2. The van der Waals surface area contributed by atoms with Crippen molar-refractivity contribution >= 4 is 90.4 Å². The number of halogens is 7. The molecule has 4 aromatic rings. The van der Waals surface area contributed by atoms with Crippen LogP contribution in [-0.4, -0.2) is 48.4 Å². The molecule has 0 amide bonds. The molecule has 0 fully saturated rings. The van der Waals surface area contributed by atoms with Crippen molar-refractivity contribution in [3.05, 3.63) is 94.5 Å². The SMILES string of the molecule is CCC(N)c1ccc(OC)nc1.CCC(N)c1ccc(OC)nc1.COc1ccc(Br)cn1.COc1ccc(C#N)cn1.I[I-]I.I[I-]I. The van der Waals surface area contributed by atoms with Crippen LogP contribution in [0.2, 0.25) is 0 Å². The number of aromatic nitrogens is 4. The van der Waals surface area contributed by atoms with Crippen LogP contribution in [0.25, 0.3) is 0 Å². The van der Waals surface area contributed by atoms with E-state index in [0.717, 1.165) is 28.4 Å². The van der Waals surface area contributed by atoms with Gasteiger partial charge < -0.3 is 30.4 Å². The van der Waals surface area contributed by atoms with Crippen LogP contribution in [-0.2, 0) is 0 Å². The molecule has 2 atom stereocenters. The van der Waals surface area contributed by atoms with Crippen LogP contribution in [0.1, 0.15) is 55.5 Å². The minimum atomic E-state index is 0.0865. The first-order chi connectivity index (χ1) is 23.6. The Balaban J connectivity index is 0. The molecule has 0 saturated heterocycles. The number of rotatable bonds is 8. The molecule has 4 heterocycles. The molecule has 4 aromatic heterocycles. The van der Waals surface area contributed by atoms with Crippen molar-refractivity contribution in [2.45, 2.75) is 38.8 Å². The van der Waals surface area contributed by atoms with Gasteiger partial charge in [-0.3, -0.25) is 0 Å². The molecule has 0 radical (unpaired) electrons. The van der Waals surface area contributed by atoms with Gasteiger partial charge in [0.05, 0.1) is 34.0 Å². The van der Waals surface area contributed by atoms with E-state index in [0.29, 0.717) is 55.6 Å². The summed E-state index contributed by atoms with van der Waals surface area (Å²) in [4.78, 5) is 15.9. The first-order valence-electron chi connectivity index (χ1n) is 13.9. The summed E-state index contributed by atoms with van der Waals surface area (Å²) in [7, 11) is 6.33. The average Bonchev–Trinajstić information content (AvgIpc) is 3.16. The van der Waals surface area contributed by atoms with E-state index in [1.54, 1.807) is 58.1 Å². The summed E-state index contributed by atoms with van der Waals surface area (Å²) >= 11 is 13.9. The molecule has 11 nitrogen and oxygen atoms in total. The molecule has 0 spiro atoms. The van der Waals surface area contributed by atoms with E-state index in [4.69, 9.17) is 35.7 Å². The second-order valence-electron chi connectivity index (χ2n) is 8.63. The monoisotopic (exact) mass is 1410 g/mol. The normalized spacial score (nSPS) is 10.4. The van der Waals surface area contributed by atoms with Gasteiger partial charge in [-0.2, -0.15) is 5.26 Å². The fourth-order valence-corrected chi connectivity index (χ4v) is 3.22. The third-order valence-electron chi connectivity index (χ3n) is 5.66. The summed E-state index contributed by atoms with van der Waals surface area (Å²) in [5.41, 5.74) is 14.3. The van der Waals surface area contributed by atoms with Crippen molar-refractivity contribution in [1.29, 1.82) is 5.26 Å². The van der Waals surface area contributed by atoms with Crippen LogP contribution in [0.5, 0.6) is 23.5 Å². The zero-order chi connectivity index (χ0) is 37.5. The van der Waals surface area contributed by atoms with Gasteiger partial charge in [0.15, 0.2) is 0 Å². The van der Waals surface area contributed by atoms with Crippen molar-refractivity contribution in [3.8, 4) is 29.6 Å². The second-order valence-corrected chi connectivity index (χ2v) is 42.0. The Kier molecular flexibility index (Phi) is 36.7. The van der Waals surface area contributed by atoms with Crippen LogP contribution in [0.4, 0.5) is 0 Å². The van der Waals surface area contributed by atoms with Crippen LogP contribution in [0, 0.1) is 11.3 Å². The Bertz CT molecular complexity index is 1320. The van der Waals surface area contributed by atoms with E-state index in [2.05, 4.69) is 124 Å². The molecule has 4 rings (SSSR count). The number of nitrogens with two attached hydrogens (primary N) is 2. The summed E-state index contributed by atoms with van der Waals surface area (Å²) < 4.78 is 20.5. The van der Waals surface area contributed by atoms with E-state index in [1.807, 2.05) is 36.4 Å². The maximum atomic E-state index is 8.37. The van der Waals surface area contributed by atoms with E-state index >= 15 is 0 Å². The summed E-state index contributed by atoms with van der Waals surface area (Å²) in [5, 5.41) is 8.37. The van der Waals surface area contributed by atoms with Crippen molar-refractivity contribution in [2.24, 2.45) is 11.5 Å². The Labute approximate surface area is 358 Å². The first kappa shape index (κ1) is 51.2. The van der Waals surface area contributed by atoms with Gasteiger partial charge in [0.2, 0.25) is 23.5 Å². The second kappa shape index (κ2) is 35.1. The number of nitriles is 1. The Morgan fingerprint density at radius 3 is 1.18 bits per heavy atom. The summed E-state index contributed by atoms with van der Waals surface area (Å²) in [5.74, 6) is 2.42. The first-order valence-corrected chi connectivity index (χ1v) is 39.8. The number of methoxy groups -OCH3 is 4. The van der Waals surface area contributed by atoms with Crippen LogP contribution in [0.15, 0.2) is 77.8 Å². The van der Waals surface area contributed by atoms with E-state index in [-0.39, 0.29) is 12.1 Å². The van der Waals surface area contributed by atoms with Crippen molar-refractivity contribution in [3.63, 3.8) is 0 Å². The molecular weight excluding hydrogens is 1380 g/mol. The molecule has 0 saturated carbocycles.